The van der Waals surface area contributed by atoms with Crippen LogP contribution in [0.2, 0.25) is 0 Å². The van der Waals surface area contributed by atoms with Crippen LogP contribution in [0.4, 0.5) is 4.39 Å². The number of ketones is 1. The maximum absolute atomic E-state index is 14.0. The first kappa shape index (κ1) is 22.7. The molecule has 1 heterocycles. The van der Waals surface area contributed by atoms with Crippen molar-refractivity contribution < 1.29 is 33.7 Å². The van der Waals surface area contributed by atoms with Gasteiger partial charge in [0.2, 0.25) is 0 Å². The Hall–Kier alpha value is -4.46. The van der Waals surface area contributed by atoms with Crippen molar-refractivity contribution in [2.45, 2.75) is 12.6 Å². The summed E-state index contributed by atoms with van der Waals surface area (Å²) in [5, 5.41) is 20.2. The molecule has 34 heavy (non-hydrogen) atoms. The number of methoxy groups -OCH3 is 1. The number of Topliss-reactive ketones (excluding diaryl/α,β-unsaturated/α-hetero) is 1. The second kappa shape index (κ2) is 9.19. The van der Waals surface area contributed by atoms with Crippen molar-refractivity contribution in [3.63, 3.8) is 0 Å². The first-order valence-electron chi connectivity index (χ1n) is 10.3. The highest BCUT2D eigenvalue weighted by Crippen LogP contribution is 2.41. The van der Waals surface area contributed by atoms with Crippen LogP contribution in [-0.4, -0.2) is 39.9 Å². The Morgan fingerprint density at radius 3 is 2.29 bits per heavy atom. The lowest BCUT2D eigenvalue weighted by Gasteiger charge is -2.25. The number of aromatic carboxylic acids is 1. The molecule has 1 saturated heterocycles. The van der Waals surface area contributed by atoms with E-state index in [1.54, 1.807) is 42.5 Å². The molecule has 0 radical (unpaired) electrons. The predicted octanol–water partition coefficient (Wildman–Crippen LogP) is 4.15. The average Bonchev–Trinajstić information content (AvgIpc) is 3.09. The number of rotatable bonds is 6. The van der Waals surface area contributed by atoms with E-state index in [-0.39, 0.29) is 29.0 Å². The molecule has 0 spiro atoms. The van der Waals surface area contributed by atoms with E-state index in [4.69, 9.17) is 9.84 Å². The van der Waals surface area contributed by atoms with Crippen molar-refractivity contribution in [3.05, 3.63) is 106 Å². The molecule has 0 aromatic heterocycles. The van der Waals surface area contributed by atoms with E-state index in [1.165, 1.54) is 30.2 Å². The number of hydrogen-bond donors (Lipinski definition) is 2. The number of carbonyl (C=O) groups excluding carboxylic acids is 2. The summed E-state index contributed by atoms with van der Waals surface area (Å²) in [6.45, 7) is -0.0128. The molecule has 0 saturated carbocycles. The van der Waals surface area contributed by atoms with Crippen molar-refractivity contribution >= 4 is 23.4 Å². The monoisotopic (exact) mass is 461 g/mol. The van der Waals surface area contributed by atoms with Crippen LogP contribution in [0, 0.1) is 5.82 Å². The van der Waals surface area contributed by atoms with Crippen molar-refractivity contribution in [1.29, 1.82) is 0 Å². The van der Waals surface area contributed by atoms with Gasteiger partial charge in [-0.3, -0.25) is 9.59 Å². The molecular formula is C26H20FNO6. The van der Waals surface area contributed by atoms with Gasteiger partial charge in [0, 0.05) is 6.54 Å². The van der Waals surface area contributed by atoms with E-state index in [0.717, 1.165) is 12.1 Å². The molecule has 0 aliphatic carbocycles. The van der Waals surface area contributed by atoms with Gasteiger partial charge in [-0.2, -0.15) is 0 Å². The molecule has 1 aliphatic heterocycles. The van der Waals surface area contributed by atoms with Crippen LogP contribution in [-0.2, 0) is 16.1 Å². The van der Waals surface area contributed by atoms with E-state index >= 15 is 0 Å². The summed E-state index contributed by atoms with van der Waals surface area (Å²) < 4.78 is 19.2. The first-order valence-corrected chi connectivity index (χ1v) is 10.3. The van der Waals surface area contributed by atoms with E-state index in [1.807, 2.05) is 0 Å². The summed E-state index contributed by atoms with van der Waals surface area (Å²) in [6, 6.07) is 17.2. The molecule has 1 aliphatic rings. The highest BCUT2D eigenvalue weighted by molar-refractivity contribution is 6.46. The standard InChI is InChI=1S/C26H20FNO6/c1-34-20-12-11-18(27)13-19(20)23(29)21-22(16-5-3-2-4-6-16)28(25(31)24(21)30)14-15-7-9-17(10-8-15)26(32)33/h2-13,22,29H,14H2,1H3,(H,32,33)/b23-21+. The quantitative estimate of drug-likeness (QED) is 0.325. The Kier molecular flexibility index (Phi) is 6.14. The Bertz CT molecular complexity index is 1300. The number of hydrogen-bond acceptors (Lipinski definition) is 5. The van der Waals surface area contributed by atoms with Gasteiger partial charge in [-0.15, -0.1) is 0 Å². The smallest absolute Gasteiger partial charge is 0.335 e. The van der Waals surface area contributed by atoms with Gasteiger partial charge in [0.15, 0.2) is 0 Å². The molecule has 4 rings (SSSR count). The Balaban J connectivity index is 1.85. The van der Waals surface area contributed by atoms with Crippen LogP contribution in [0.5, 0.6) is 5.75 Å². The summed E-state index contributed by atoms with van der Waals surface area (Å²) in [4.78, 5) is 38.6. The van der Waals surface area contributed by atoms with Crippen molar-refractivity contribution in [3.8, 4) is 5.75 Å². The Morgan fingerprint density at radius 1 is 1.00 bits per heavy atom. The minimum Gasteiger partial charge on any atom is -0.507 e. The summed E-state index contributed by atoms with van der Waals surface area (Å²) in [5.74, 6) is -3.90. The largest absolute Gasteiger partial charge is 0.507 e. The number of halogens is 1. The van der Waals surface area contributed by atoms with Crippen LogP contribution >= 0.6 is 0 Å². The number of aliphatic hydroxyl groups is 1. The second-order valence-electron chi connectivity index (χ2n) is 7.68. The number of aliphatic hydroxyl groups excluding tert-OH is 1. The number of carboxylic acids is 1. The van der Waals surface area contributed by atoms with E-state index in [0.29, 0.717) is 11.1 Å². The molecule has 172 valence electrons. The second-order valence-corrected chi connectivity index (χ2v) is 7.68. The fraction of sp³-hybridized carbons (Fsp3) is 0.115. The minimum absolute atomic E-state index is 0.0128. The molecule has 3 aromatic rings. The maximum atomic E-state index is 14.0. The highest BCUT2D eigenvalue weighted by atomic mass is 19.1. The summed E-state index contributed by atoms with van der Waals surface area (Å²) in [6.07, 6.45) is 0. The number of nitrogens with zero attached hydrogens (tertiary/aromatic N) is 1. The number of carbonyl (C=O) groups is 3. The van der Waals surface area contributed by atoms with Gasteiger partial charge >= 0.3 is 5.97 Å². The lowest BCUT2D eigenvalue weighted by molar-refractivity contribution is -0.140. The molecule has 0 bridgehead atoms. The van der Waals surface area contributed by atoms with Crippen LogP contribution in [0.3, 0.4) is 0 Å². The summed E-state index contributed by atoms with van der Waals surface area (Å²) in [7, 11) is 1.35. The van der Waals surface area contributed by atoms with Crippen molar-refractivity contribution in [1.82, 2.24) is 4.90 Å². The van der Waals surface area contributed by atoms with E-state index in [9.17, 15) is 23.9 Å². The third kappa shape index (κ3) is 4.13. The Labute approximate surface area is 194 Å². The van der Waals surface area contributed by atoms with E-state index in [2.05, 4.69) is 0 Å². The molecule has 1 fully saturated rings. The van der Waals surface area contributed by atoms with Gasteiger partial charge in [0.1, 0.15) is 17.3 Å². The van der Waals surface area contributed by atoms with Gasteiger partial charge in [-0.05, 0) is 41.5 Å². The number of ether oxygens (including phenoxy) is 1. The van der Waals surface area contributed by atoms with Gasteiger partial charge in [-0.25, -0.2) is 9.18 Å². The number of benzene rings is 3. The molecule has 2 N–H and O–H groups in total. The van der Waals surface area contributed by atoms with Gasteiger partial charge < -0.3 is 19.8 Å². The van der Waals surface area contributed by atoms with Gasteiger partial charge in [0.05, 0.1) is 29.9 Å². The maximum Gasteiger partial charge on any atom is 0.335 e. The minimum atomic E-state index is -1.08. The zero-order valence-corrected chi connectivity index (χ0v) is 18.1. The lowest BCUT2D eigenvalue weighted by Crippen LogP contribution is -2.29. The molecular weight excluding hydrogens is 441 g/mol. The fourth-order valence-electron chi connectivity index (χ4n) is 3.98. The third-order valence-electron chi connectivity index (χ3n) is 5.63. The van der Waals surface area contributed by atoms with Gasteiger partial charge in [0.25, 0.3) is 11.7 Å². The SMILES string of the molecule is COc1ccc(F)cc1/C(O)=C1\C(=O)C(=O)N(Cc2ccc(C(=O)O)cc2)C1c1ccccc1. The number of carboxylic acid groups (broad SMARTS) is 1. The van der Waals surface area contributed by atoms with Crippen LogP contribution < -0.4 is 4.74 Å². The zero-order chi connectivity index (χ0) is 24.4. The first-order chi connectivity index (χ1) is 16.3. The average molecular weight is 461 g/mol. The normalized spacial score (nSPS) is 17.1. The molecule has 1 unspecified atom stereocenters. The van der Waals surface area contributed by atoms with Crippen molar-refractivity contribution in [2.75, 3.05) is 7.11 Å². The molecule has 7 nitrogen and oxygen atoms in total. The molecule has 8 heteroatoms. The Morgan fingerprint density at radius 2 is 1.68 bits per heavy atom. The zero-order valence-electron chi connectivity index (χ0n) is 18.1. The molecule has 1 amide bonds. The number of likely N-dealkylation sites (tertiary alicyclic amines) is 1. The number of amides is 1. The summed E-state index contributed by atoms with van der Waals surface area (Å²) >= 11 is 0. The fourth-order valence-corrected chi connectivity index (χ4v) is 3.98. The van der Waals surface area contributed by atoms with Crippen molar-refractivity contribution in [2.24, 2.45) is 0 Å². The lowest BCUT2D eigenvalue weighted by atomic mass is 9.95. The summed E-state index contributed by atoms with van der Waals surface area (Å²) in [5.41, 5.74) is 1.01. The topological polar surface area (TPSA) is 104 Å². The van der Waals surface area contributed by atoms with Gasteiger partial charge in [-0.1, -0.05) is 42.5 Å². The van der Waals surface area contributed by atoms with Crippen LogP contribution in [0.15, 0.2) is 78.4 Å². The third-order valence-corrected chi connectivity index (χ3v) is 5.63. The predicted molar refractivity (Wildman–Crippen MR) is 121 cm³/mol. The molecule has 3 aromatic carbocycles. The molecule has 1 atom stereocenters. The van der Waals surface area contributed by atoms with Crippen LogP contribution in [0.1, 0.15) is 33.1 Å². The van der Waals surface area contributed by atoms with E-state index < -0.39 is 35.3 Å². The highest BCUT2D eigenvalue weighted by Gasteiger charge is 2.46. The van der Waals surface area contributed by atoms with Crippen LogP contribution in [0.25, 0.3) is 5.76 Å².